The van der Waals surface area contributed by atoms with Gasteiger partial charge in [0.2, 0.25) is 9.84 Å². The number of hydrogen-bond donors (Lipinski definition) is 2. The number of rotatable bonds is 2. The van der Waals surface area contributed by atoms with E-state index >= 15 is 0 Å². The zero-order valence-corrected chi connectivity index (χ0v) is 13.2. The summed E-state index contributed by atoms with van der Waals surface area (Å²) in [5.74, 6) is 0.119. The second kappa shape index (κ2) is 5.07. The number of hydrogen-bond acceptors (Lipinski definition) is 4. The van der Waals surface area contributed by atoms with Gasteiger partial charge >= 0.3 is 0 Å². The van der Waals surface area contributed by atoms with Gasteiger partial charge in [-0.15, -0.1) is 0 Å². The number of aromatic hydroxyl groups is 2. The van der Waals surface area contributed by atoms with Crippen LogP contribution in [0.5, 0.6) is 11.5 Å². The Morgan fingerprint density at radius 3 is 1.81 bits per heavy atom. The summed E-state index contributed by atoms with van der Waals surface area (Å²) in [6, 6.07) is 5.80. The van der Waals surface area contributed by atoms with Crippen LogP contribution in [0.25, 0.3) is 0 Å². The lowest BCUT2D eigenvalue weighted by atomic mass is 10.1. The highest BCUT2D eigenvalue weighted by Crippen LogP contribution is 2.33. The van der Waals surface area contributed by atoms with Crippen molar-refractivity contribution < 1.29 is 18.6 Å². The maximum Gasteiger partial charge on any atom is 0.207 e. The third-order valence-electron chi connectivity index (χ3n) is 3.50. The molecule has 0 saturated heterocycles. The molecule has 0 aliphatic carbocycles. The van der Waals surface area contributed by atoms with Crippen molar-refractivity contribution in [2.75, 3.05) is 0 Å². The molecule has 0 amide bonds. The van der Waals surface area contributed by atoms with Crippen LogP contribution in [-0.2, 0) is 9.84 Å². The van der Waals surface area contributed by atoms with Gasteiger partial charge in [-0.05, 0) is 74.2 Å². The number of sulfone groups is 1. The molecule has 0 aliphatic rings. The van der Waals surface area contributed by atoms with Crippen LogP contribution in [0.3, 0.4) is 0 Å². The van der Waals surface area contributed by atoms with Crippen LogP contribution in [0, 0.1) is 27.7 Å². The lowest BCUT2D eigenvalue weighted by Crippen LogP contribution is -2.08. The molecule has 0 radical (unpaired) electrons. The molecule has 4 nitrogen and oxygen atoms in total. The predicted molar refractivity (Wildman–Crippen MR) is 80.6 cm³/mol. The third-order valence-corrected chi connectivity index (χ3v) is 5.70. The highest BCUT2D eigenvalue weighted by Gasteiger charge is 2.25. The normalized spacial score (nSPS) is 11.6. The molecule has 0 unspecified atom stereocenters. The average Bonchev–Trinajstić information content (AvgIpc) is 2.31. The number of phenolic OH excluding ortho intramolecular Hbond substituents is 2. The first-order chi connectivity index (χ1) is 9.64. The van der Waals surface area contributed by atoms with E-state index in [1.807, 2.05) is 0 Å². The van der Waals surface area contributed by atoms with Gasteiger partial charge in [0.05, 0.1) is 9.79 Å². The second-order valence-corrected chi connectivity index (χ2v) is 7.17. The molecular formula is C16H18O4S. The number of benzene rings is 2. The molecule has 0 saturated carbocycles. The Kier molecular flexibility index (Phi) is 3.72. The Morgan fingerprint density at radius 2 is 1.29 bits per heavy atom. The van der Waals surface area contributed by atoms with Crippen molar-refractivity contribution >= 4 is 9.84 Å². The lowest BCUT2D eigenvalue weighted by molar-refractivity contribution is 0.470. The first kappa shape index (κ1) is 15.4. The average molecular weight is 306 g/mol. The molecule has 2 rings (SSSR count). The van der Waals surface area contributed by atoms with E-state index in [2.05, 4.69) is 0 Å². The molecular weight excluding hydrogens is 288 g/mol. The van der Waals surface area contributed by atoms with Gasteiger partial charge in [-0.3, -0.25) is 0 Å². The molecule has 0 aromatic heterocycles. The van der Waals surface area contributed by atoms with Crippen molar-refractivity contribution in [3.8, 4) is 11.5 Å². The third kappa shape index (κ3) is 2.61. The van der Waals surface area contributed by atoms with Crippen LogP contribution in [-0.4, -0.2) is 18.6 Å². The fourth-order valence-corrected chi connectivity index (χ4v) is 4.53. The lowest BCUT2D eigenvalue weighted by Gasteiger charge is -2.14. The molecule has 2 aromatic carbocycles. The van der Waals surface area contributed by atoms with Crippen LogP contribution in [0.2, 0.25) is 0 Å². The van der Waals surface area contributed by atoms with E-state index in [4.69, 9.17) is 0 Å². The summed E-state index contributed by atoms with van der Waals surface area (Å²) in [5, 5.41) is 19.2. The molecule has 0 spiro atoms. The number of aryl methyl sites for hydroxylation is 4. The largest absolute Gasteiger partial charge is 0.508 e. The van der Waals surface area contributed by atoms with Gasteiger partial charge in [0, 0.05) is 0 Å². The van der Waals surface area contributed by atoms with Crippen molar-refractivity contribution in [3.63, 3.8) is 0 Å². The van der Waals surface area contributed by atoms with Crippen LogP contribution in [0.15, 0.2) is 34.1 Å². The van der Waals surface area contributed by atoms with E-state index in [0.29, 0.717) is 22.3 Å². The van der Waals surface area contributed by atoms with E-state index in [9.17, 15) is 18.6 Å². The van der Waals surface area contributed by atoms with E-state index in [0.717, 1.165) is 0 Å². The summed E-state index contributed by atoms with van der Waals surface area (Å²) in [6.07, 6.45) is 0. The molecule has 0 heterocycles. The summed E-state index contributed by atoms with van der Waals surface area (Å²) in [4.78, 5) is 0.378. The monoisotopic (exact) mass is 306 g/mol. The van der Waals surface area contributed by atoms with E-state index in [-0.39, 0.29) is 21.3 Å². The summed E-state index contributed by atoms with van der Waals surface area (Å²) >= 11 is 0. The Balaban J connectivity index is 2.78. The molecule has 5 heteroatoms. The topological polar surface area (TPSA) is 74.6 Å². The highest BCUT2D eigenvalue weighted by atomic mass is 32.2. The Hall–Kier alpha value is -2.01. The quantitative estimate of drug-likeness (QED) is 0.893. The summed E-state index contributed by atoms with van der Waals surface area (Å²) < 4.78 is 25.8. The summed E-state index contributed by atoms with van der Waals surface area (Å²) in [5.41, 5.74) is 1.99. The van der Waals surface area contributed by atoms with Crippen molar-refractivity contribution in [3.05, 3.63) is 46.5 Å². The number of phenols is 2. The molecule has 0 atom stereocenters. The Bertz CT molecular complexity index is 797. The minimum Gasteiger partial charge on any atom is -0.508 e. The van der Waals surface area contributed by atoms with Gasteiger partial charge in [-0.1, -0.05) is 0 Å². The summed E-state index contributed by atoms with van der Waals surface area (Å²) in [7, 11) is -3.71. The predicted octanol–water partition coefficient (Wildman–Crippen LogP) is 3.16. The SMILES string of the molecule is Cc1cc(S(=O)(=O)c2c(C)cc(O)cc2C)c(C)cc1O. The fourth-order valence-electron chi connectivity index (χ4n) is 2.53. The first-order valence-electron chi connectivity index (χ1n) is 6.50. The Morgan fingerprint density at radius 1 is 0.762 bits per heavy atom. The van der Waals surface area contributed by atoms with Crippen molar-refractivity contribution in [1.29, 1.82) is 0 Å². The summed E-state index contributed by atoms with van der Waals surface area (Å²) in [6.45, 7) is 6.62. The molecule has 2 N–H and O–H groups in total. The molecule has 2 aromatic rings. The fraction of sp³-hybridized carbons (Fsp3) is 0.250. The van der Waals surface area contributed by atoms with Crippen molar-refractivity contribution in [2.24, 2.45) is 0 Å². The smallest absolute Gasteiger partial charge is 0.207 e. The van der Waals surface area contributed by atoms with E-state index in [1.165, 1.54) is 24.3 Å². The van der Waals surface area contributed by atoms with Gasteiger partial charge in [0.15, 0.2) is 0 Å². The van der Waals surface area contributed by atoms with Crippen LogP contribution >= 0.6 is 0 Å². The first-order valence-corrected chi connectivity index (χ1v) is 7.98. The molecule has 21 heavy (non-hydrogen) atoms. The minimum atomic E-state index is -3.71. The Labute approximate surface area is 124 Å². The van der Waals surface area contributed by atoms with Gasteiger partial charge < -0.3 is 10.2 Å². The second-order valence-electron chi connectivity index (χ2n) is 5.32. The molecule has 0 bridgehead atoms. The van der Waals surface area contributed by atoms with Crippen LogP contribution in [0.4, 0.5) is 0 Å². The molecule has 0 fully saturated rings. The van der Waals surface area contributed by atoms with Gasteiger partial charge in [-0.2, -0.15) is 0 Å². The standard InChI is InChI=1S/C16H18O4S/c1-9-8-15(10(2)7-14(9)18)21(19,20)16-11(3)5-13(17)6-12(16)4/h5-8,17-18H,1-4H3. The minimum absolute atomic E-state index is 0.0440. The van der Waals surface area contributed by atoms with Crippen molar-refractivity contribution in [2.45, 2.75) is 37.5 Å². The van der Waals surface area contributed by atoms with Crippen molar-refractivity contribution in [1.82, 2.24) is 0 Å². The van der Waals surface area contributed by atoms with Crippen LogP contribution < -0.4 is 0 Å². The van der Waals surface area contributed by atoms with E-state index in [1.54, 1.807) is 27.7 Å². The zero-order chi connectivity index (χ0) is 15.9. The zero-order valence-electron chi connectivity index (χ0n) is 12.4. The van der Waals surface area contributed by atoms with Gasteiger partial charge in [0.1, 0.15) is 11.5 Å². The molecule has 0 aliphatic heterocycles. The van der Waals surface area contributed by atoms with Crippen LogP contribution in [0.1, 0.15) is 22.3 Å². The molecule has 112 valence electrons. The maximum atomic E-state index is 12.9. The maximum absolute atomic E-state index is 12.9. The van der Waals surface area contributed by atoms with Gasteiger partial charge in [-0.25, -0.2) is 8.42 Å². The van der Waals surface area contributed by atoms with Gasteiger partial charge in [0.25, 0.3) is 0 Å². The highest BCUT2D eigenvalue weighted by molar-refractivity contribution is 7.91. The van der Waals surface area contributed by atoms with E-state index < -0.39 is 9.84 Å².